The second-order valence-corrected chi connectivity index (χ2v) is 11.4. The van der Waals surface area contributed by atoms with Gasteiger partial charge in [0, 0.05) is 45.7 Å². The van der Waals surface area contributed by atoms with E-state index in [4.69, 9.17) is 14.2 Å². The van der Waals surface area contributed by atoms with Gasteiger partial charge in [-0.1, -0.05) is 30.3 Å². The summed E-state index contributed by atoms with van der Waals surface area (Å²) in [5.74, 6) is -0.991. The molecule has 9 heteroatoms. The molecule has 1 aromatic rings. The molecular formula is C28H45N3O6. The van der Waals surface area contributed by atoms with Gasteiger partial charge in [-0.25, -0.2) is 0 Å². The third-order valence-corrected chi connectivity index (χ3v) is 5.64. The lowest BCUT2D eigenvalue weighted by atomic mass is 10.1. The number of hydrogen-bond acceptors (Lipinski definition) is 9. The summed E-state index contributed by atoms with van der Waals surface area (Å²) in [5.41, 5.74) is -0.238. The number of rotatable bonds is 9. The molecule has 1 aliphatic rings. The van der Waals surface area contributed by atoms with E-state index < -0.39 is 17.2 Å². The van der Waals surface area contributed by atoms with Crippen LogP contribution in [0.4, 0.5) is 0 Å². The molecule has 1 aromatic carbocycles. The highest BCUT2D eigenvalue weighted by atomic mass is 16.6. The number of esters is 3. The summed E-state index contributed by atoms with van der Waals surface area (Å²) in [6, 6.07) is 8.91. The maximum Gasteiger partial charge on any atom is 0.323 e. The minimum absolute atomic E-state index is 0.105. The Bertz CT molecular complexity index is 863. The topological polar surface area (TPSA) is 97.4 Å². The van der Waals surface area contributed by atoms with E-state index >= 15 is 0 Å². The minimum Gasteiger partial charge on any atom is -0.460 e. The molecule has 0 aromatic heterocycles. The number of ether oxygens (including phenoxy) is 3. The number of benzene rings is 1. The van der Waals surface area contributed by atoms with E-state index in [2.05, 4.69) is 5.32 Å². The van der Waals surface area contributed by atoms with Gasteiger partial charge in [0.05, 0.1) is 6.54 Å². The summed E-state index contributed by atoms with van der Waals surface area (Å²) in [4.78, 5) is 42.2. The fourth-order valence-electron chi connectivity index (χ4n) is 4.03. The molecule has 1 aliphatic heterocycles. The minimum atomic E-state index is -0.612. The molecule has 0 saturated carbocycles. The Morgan fingerprint density at radius 1 is 0.865 bits per heavy atom. The van der Waals surface area contributed by atoms with Crippen molar-refractivity contribution < 1.29 is 28.6 Å². The van der Waals surface area contributed by atoms with Gasteiger partial charge in [-0.3, -0.25) is 24.2 Å². The average Bonchev–Trinajstić information content (AvgIpc) is 2.89. The summed E-state index contributed by atoms with van der Waals surface area (Å²) in [6.45, 7) is 15.2. The van der Waals surface area contributed by atoms with Crippen molar-refractivity contribution >= 4 is 17.9 Å². The van der Waals surface area contributed by atoms with Crippen molar-refractivity contribution in [2.45, 2.75) is 78.2 Å². The number of carbonyl (C=O) groups is 3. The lowest BCUT2D eigenvalue weighted by molar-refractivity contribution is -0.158. The van der Waals surface area contributed by atoms with Crippen molar-refractivity contribution in [3.05, 3.63) is 35.9 Å². The Morgan fingerprint density at radius 2 is 1.49 bits per heavy atom. The first-order valence-electron chi connectivity index (χ1n) is 13.1. The lowest BCUT2D eigenvalue weighted by Gasteiger charge is -2.31. The van der Waals surface area contributed by atoms with Gasteiger partial charge in [-0.05, 0) is 53.5 Å². The normalized spacial score (nSPS) is 17.1. The van der Waals surface area contributed by atoms with E-state index in [1.165, 1.54) is 0 Å². The lowest BCUT2D eigenvalue weighted by Crippen LogP contribution is -2.47. The highest BCUT2D eigenvalue weighted by Crippen LogP contribution is 2.16. The van der Waals surface area contributed by atoms with Gasteiger partial charge in [0.2, 0.25) is 0 Å². The Hall–Kier alpha value is -2.49. The van der Waals surface area contributed by atoms with Crippen LogP contribution in [0.2, 0.25) is 0 Å². The van der Waals surface area contributed by atoms with Gasteiger partial charge in [0.15, 0.2) is 0 Å². The Balaban J connectivity index is 2.10. The maximum atomic E-state index is 13.3. The van der Waals surface area contributed by atoms with Crippen molar-refractivity contribution in [1.29, 1.82) is 0 Å². The predicted octanol–water partition coefficient (Wildman–Crippen LogP) is 2.77. The van der Waals surface area contributed by atoms with Crippen LogP contribution in [0.3, 0.4) is 0 Å². The van der Waals surface area contributed by atoms with Crippen molar-refractivity contribution in [2.75, 3.05) is 45.8 Å². The number of hydrogen-bond donors (Lipinski definition) is 1. The first-order chi connectivity index (χ1) is 17.3. The first-order valence-corrected chi connectivity index (χ1v) is 13.1. The van der Waals surface area contributed by atoms with Crippen molar-refractivity contribution in [2.24, 2.45) is 0 Å². The van der Waals surface area contributed by atoms with Crippen LogP contribution in [0.5, 0.6) is 0 Å². The third kappa shape index (κ3) is 13.0. The highest BCUT2D eigenvalue weighted by molar-refractivity contribution is 5.77. The fourth-order valence-corrected chi connectivity index (χ4v) is 4.03. The molecule has 2 rings (SSSR count). The maximum absolute atomic E-state index is 13.3. The van der Waals surface area contributed by atoms with Gasteiger partial charge >= 0.3 is 17.9 Å². The monoisotopic (exact) mass is 519 g/mol. The Labute approximate surface area is 221 Å². The summed E-state index contributed by atoms with van der Waals surface area (Å²) in [7, 11) is 0. The zero-order chi connectivity index (χ0) is 27.5. The van der Waals surface area contributed by atoms with Crippen molar-refractivity contribution in [1.82, 2.24) is 15.1 Å². The molecule has 0 radical (unpaired) electrons. The van der Waals surface area contributed by atoms with Crippen LogP contribution in [0, 0.1) is 0 Å². The average molecular weight is 520 g/mol. The standard InChI is InChI=1S/C28H45N3O6/c1-27(2,3)36-24(32)13-12-23(26(34)35-21-22-10-8-7-9-11-22)31-17-15-29-14-16-30(18-19-31)20-25(33)37-28(4,5)6/h7-11,23,29H,12-21H2,1-6H3. The van der Waals surface area contributed by atoms with Crippen molar-refractivity contribution in [3.63, 3.8) is 0 Å². The van der Waals surface area contributed by atoms with Crippen molar-refractivity contribution in [3.8, 4) is 0 Å². The van der Waals surface area contributed by atoms with E-state index in [0.717, 1.165) is 12.1 Å². The highest BCUT2D eigenvalue weighted by Gasteiger charge is 2.30. The molecule has 9 nitrogen and oxygen atoms in total. The molecule has 0 bridgehead atoms. The molecule has 1 atom stereocenters. The second-order valence-electron chi connectivity index (χ2n) is 11.4. The molecule has 37 heavy (non-hydrogen) atoms. The van der Waals surface area contributed by atoms with Crippen LogP contribution in [-0.4, -0.2) is 90.8 Å². The van der Waals surface area contributed by atoms with E-state index in [9.17, 15) is 14.4 Å². The van der Waals surface area contributed by atoms with Gasteiger partial charge in [0.1, 0.15) is 23.9 Å². The molecule has 1 heterocycles. The molecule has 1 unspecified atom stereocenters. The quantitative estimate of drug-likeness (QED) is 0.390. The zero-order valence-corrected chi connectivity index (χ0v) is 23.4. The second kappa shape index (κ2) is 14.4. The number of nitrogens with zero attached hydrogens (tertiary/aromatic N) is 2. The number of carbonyl (C=O) groups excluding carboxylic acids is 3. The van der Waals surface area contributed by atoms with Crippen LogP contribution < -0.4 is 5.32 Å². The van der Waals surface area contributed by atoms with Crippen LogP contribution in [0.15, 0.2) is 30.3 Å². The van der Waals surface area contributed by atoms with Gasteiger partial charge in [-0.2, -0.15) is 0 Å². The Kier molecular flexibility index (Phi) is 12.0. The molecule has 0 amide bonds. The van der Waals surface area contributed by atoms with E-state index in [1.54, 1.807) is 0 Å². The molecule has 208 valence electrons. The van der Waals surface area contributed by atoms with Crippen LogP contribution in [-0.2, 0) is 35.2 Å². The predicted molar refractivity (Wildman–Crippen MR) is 142 cm³/mol. The molecule has 1 N–H and O–H groups in total. The molecule has 0 spiro atoms. The van der Waals surface area contributed by atoms with Gasteiger partial charge in [-0.15, -0.1) is 0 Å². The SMILES string of the molecule is CC(C)(C)OC(=O)CCC(C(=O)OCc1ccccc1)N1CCNCCN(CC(=O)OC(C)(C)C)CC1. The summed E-state index contributed by atoms with van der Waals surface area (Å²) < 4.78 is 16.6. The van der Waals surface area contributed by atoms with Crippen LogP contribution >= 0.6 is 0 Å². The summed E-state index contributed by atoms with van der Waals surface area (Å²) >= 11 is 0. The van der Waals surface area contributed by atoms with E-state index in [0.29, 0.717) is 32.7 Å². The third-order valence-electron chi connectivity index (χ3n) is 5.64. The molecule has 1 saturated heterocycles. The van der Waals surface area contributed by atoms with E-state index in [-0.39, 0.29) is 43.9 Å². The fraction of sp³-hybridized carbons (Fsp3) is 0.679. The van der Waals surface area contributed by atoms with Gasteiger partial charge < -0.3 is 19.5 Å². The summed E-state index contributed by atoms with van der Waals surface area (Å²) in [6.07, 6.45) is 0.391. The largest absolute Gasteiger partial charge is 0.460 e. The smallest absolute Gasteiger partial charge is 0.323 e. The molecule has 0 aliphatic carbocycles. The van der Waals surface area contributed by atoms with Gasteiger partial charge in [0.25, 0.3) is 0 Å². The zero-order valence-electron chi connectivity index (χ0n) is 23.4. The first kappa shape index (κ1) is 30.7. The molecular weight excluding hydrogens is 474 g/mol. The summed E-state index contributed by atoms with van der Waals surface area (Å²) in [5, 5.41) is 3.38. The van der Waals surface area contributed by atoms with Crippen LogP contribution in [0.25, 0.3) is 0 Å². The molecule has 1 fully saturated rings. The Morgan fingerprint density at radius 3 is 2.14 bits per heavy atom. The number of nitrogens with one attached hydrogen (secondary N) is 1. The van der Waals surface area contributed by atoms with E-state index in [1.807, 2.05) is 81.7 Å². The van der Waals surface area contributed by atoms with Crippen LogP contribution in [0.1, 0.15) is 59.9 Å².